The van der Waals surface area contributed by atoms with Gasteiger partial charge < -0.3 is 10.1 Å². The minimum atomic E-state index is -0.151. The summed E-state index contributed by atoms with van der Waals surface area (Å²) in [6.07, 6.45) is 4.32. The second-order valence-corrected chi connectivity index (χ2v) is 4.60. The van der Waals surface area contributed by atoms with Crippen molar-refractivity contribution in [3.8, 4) is 0 Å². The fourth-order valence-corrected chi connectivity index (χ4v) is 1.77. The number of amides is 1. The molecule has 0 saturated carbocycles. The van der Waals surface area contributed by atoms with Gasteiger partial charge in [-0.05, 0) is 19.8 Å². The van der Waals surface area contributed by atoms with Crippen LogP contribution in [0.5, 0.6) is 0 Å². The summed E-state index contributed by atoms with van der Waals surface area (Å²) in [4.78, 5) is 22.9. The molecule has 0 bridgehead atoms. The van der Waals surface area contributed by atoms with Gasteiger partial charge in [0.15, 0.2) is 0 Å². The van der Waals surface area contributed by atoms with Gasteiger partial charge in [0, 0.05) is 6.42 Å². The number of ether oxygens (including phenoxy) is 1. The van der Waals surface area contributed by atoms with Crippen LogP contribution in [0.3, 0.4) is 0 Å². The van der Waals surface area contributed by atoms with Crippen molar-refractivity contribution >= 4 is 11.9 Å². The first kappa shape index (κ1) is 13.0. The summed E-state index contributed by atoms with van der Waals surface area (Å²) in [5.41, 5.74) is 0. The van der Waals surface area contributed by atoms with Gasteiger partial charge in [-0.2, -0.15) is 0 Å². The van der Waals surface area contributed by atoms with E-state index in [4.69, 9.17) is 4.74 Å². The standard InChI is InChI=1S/C12H21NO3/c1-9-6-4-3-5-7-11(14)13-10(2)8-16-12(9)15/h9-10H,3-8H2,1-2H3,(H,13,14)/t9-,10?/m1/s1. The minimum Gasteiger partial charge on any atom is -0.463 e. The van der Waals surface area contributed by atoms with Gasteiger partial charge in [-0.3, -0.25) is 9.59 Å². The van der Waals surface area contributed by atoms with Crippen LogP contribution in [0.25, 0.3) is 0 Å². The first-order chi connectivity index (χ1) is 7.59. The second kappa shape index (κ2) is 6.51. The maximum absolute atomic E-state index is 11.5. The van der Waals surface area contributed by atoms with Crippen molar-refractivity contribution in [1.82, 2.24) is 5.32 Å². The van der Waals surface area contributed by atoms with Crippen LogP contribution in [0.4, 0.5) is 0 Å². The molecule has 0 aliphatic carbocycles. The highest BCUT2D eigenvalue weighted by molar-refractivity contribution is 5.76. The molecule has 1 unspecified atom stereocenters. The molecule has 0 radical (unpaired) electrons. The smallest absolute Gasteiger partial charge is 0.308 e. The van der Waals surface area contributed by atoms with Crippen molar-refractivity contribution in [3.63, 3.8) is 0 Å². The Balaban J connectivity index is 2.47. The van der Waals surface area contributed by atoms with Crippen LogP contribution in [0, 0.1) is 5.92 Å². The number of nitrogens with one attached hydrogen (secondary N) is 1. The minimum absolute atomic E-state index is 0.0256. The summed E-state index contributed by atoms with van der Waals surface area (Å²) in [6, 6.07) is -0.0944. The molecule has 1 saturated heterocycles. The van der Waals surface area contributed by atoms with E-state index in [1.165, 1.54) is 0 Å². The molecule has 0 aromatic carbocycles. The van der Waals surface area contributed by atoms with Crippen molar-refractivity contribution < 1.29 is 14.3 Å². The molecule has 1 heterocycles. The largest absolute Gasteiger partial charge is 0.463 e. The quantitative estimate of drug-likeness (QED) is 0.640. The Kier molecular flexibility index (Phi) is 5.29. The van der Waals surface area contributed by atoms with Gasteiger partial charge in [0.25, 0.3) is 0 Å². The molecular formula is C12H21NO3. The highest BCUT2D eigenvalue weighted by Gasteiger charge is 2.17. The van der Waals surface area contributed by atoms with Crippen LogP contribution in [0.2, 0.25) is 0 Å². The molecule has 1 N–H and O–H groups in total. The average molecular weight is 227 g/mol. The summed E-state index contributed by atoms with van der Waals surface area (Å²) in [6.45, 7) is 4.02. The normalized spacial score (nSPS) is 29.6. The van der Waals surface area contributed by atoms with E-state index in [1.807, 2.05) is 13.8 Å². The number of hydrogen-bond donors (Lipinski definition) is 1. The molecule has 0 aromatic rings. The van der Waals surface area contributed by atoms with E-state index >= 15 is 0 Å². The van der Waals surface area contributed by atoms with Crippen LogP contribution < -0.4 is 5.32 Å². The van der Waals surface area contributed by atoms with Gasteiger partial charge in [-0.25, -0.2) is 0 Å². The zero-order chi connectivity index (χ0) is 12.0. The zero-order valence-electron chi connectivity index (χ0n) is 10.1. The van der Waals surface area contributed by atoms with E-state index < -0.39 is 0 Å². The maximum Gasteiger partial charge on any atom is 0.308 e. The van der Waals surface area contributed by atoms with E-state index in [0.717, 1.165) is 25.7 Å². The number of cyclic esters (lactones) is 1. The lowest BCUT2D eigenvalue weighted by Gasteiger charge is -2.17. The molecular weight excluding hydrogens is 206 g/mol. The Labute approximate surface area is 96.7 Å². The number of carbonyl (C=O) groups excluding carboxylic acids is 2. The van der Waals surface area contributed by atoms with E-state index in [9.17, 15) is 9.59 Å². The van der Waals surface area contributed by atoms with E-state index in [2.05, 4.69) is 5.32 Å². The summed E-state index contributed by atoms with van der Waals surface area (Å²) < 4.78 is 5.13. The van der Waals surface area contributed by atoms with Gasteiger partial charge in [0.1, 0.15) is 6.61 Å². The second-order valence-electron chi connectivity index (χ2n) is 4.60. The summed E-state index contributed by atoms with van der Waals surface area (Å²) in [7, 11) is 0. The molecule has 0 aromatic heterocycles. The number of hydrogen-bond acceptors (Lipinski definition) is 3. The van der Waals surface area contributed by atoms with E-state index in [1.54, 1.807) is 0 Å². The van der Waals surface area contributed by atoms with Crippen LogP contribution in [0.1, 0.15) is 46.0 Å². The van der Waals surface area contributed by atoms with Crippen molar-refractivity contribution in [2.75, 3.05) is 6.61 Å². The fourth-order valence-electron chi connectivity index (χ4n) is 1.77. The lowest BCUT2D eigenvalue weighted by molar-refractivity contribution is -0.149. The third-order valence-electron chi connectivity index (χ3n) is 2.83. The predicted octanol–water partition coefficient (Wildman–Crippen LogP) is 1.63. The van der Waals surface area contributed by atoms with Gasteiger partial charge in [0.2, 0.25) is 5.91 Å². The van der Waals surface area contributed by atoms with Crippen LogP contribution in [-0.2, 0) is 14.3 Å². The van der Waals surface area contributed by atoms with Crippen molar-refractivity contribution in [2.24, 2.45) is 5.92 Å². The Hall–Kier alpha value is -1.06. The third-order valence-corrected chi connectivity index (χ3v) is 2.83. The third kappa shape index (κ3) is 4.64. The zero-order valence-corrected chi connectivity index (χ0v) is 10.1. The molecule has 1 amide bonds. The Morgan fingerprint density at radius 2 is 1.94 bits per heavy atom. The molecule has 0 spiro atoms. The van der Waals surface area contributed by atoms with Gasteiger partial charge in [-0.15, -0.1) is 0 Å². The number of carbonyl (C=O) groups is 2. The van der Waals surface area contributed by atoms with Gasteiger partial charge >= 0.3 is 5.97 Å². The lowest BCUT2D eigenvalue weighted by Crippen LogP contribution is -2.37. The molecule has 4 heteroatoms. The number of esters is 1. The predicted molar refractivity (Wildman–Crippen MR) is 60.8 cm³/mol. The highest BCUT2D eigenvalue weighted by Crippen LogP contribution is 2.13. The van der Waals surface area contributed by atoms with E-state index in [-0.39, 0.29) is 30.4 Å². The Morgan fingerprint density at radius 1 is 1.19 bits per heavy atom. The van der Waals surface area contributed by atoms with Crippen molar-refractivity contribution in [3.05, 3.63) is 0 Å². The monoisotopic (exact) mass is 227 g/mol. The topological polar surface area (TPSA) is 55.4 Å². The Morgan fingerprint density at radius 3 is 2.69 bits per heavy atom. The summed E-state index contributed by atoms with van der Waals surface area (Å²) in [5, 5.41) is 2.82. The average Bonchev–Trinajstić information content (AvgIpc) is 2.23. The molecule has 16 heavy (non-hydrogen) atoms. The lowest BCUT2D eigenvalue weighted by atomic mass is 10.0. The molecule has 1 rings (SSSR count). The van der Waals surface area contributed by atoms with Gasteiger partial charge in [0.05, 0.1) is 12.0 Å². The fraction of sp³-hybridized carbons (Fsp3) is 0.833. The van der Waals surface area contributed by atoms with Crippen LogP contribution in [-0.4, -0.2) is 24.5 Å². The summed E-state index contributed by atoms with van der Waals surface area (Å²) in [5.74, 6) is -0.124. The molecule has 1 fully saturated rings. The molecule has 92 valence electrons. The van der Waals surface area contributed by atoms with Crippen molar-refractivity contribution in [1.29, 1.82) is 0 Å². The molecule has 1 aliphatic rings. The molecule has 4 nitrogen and oxygen atoms in total. The van der Waals surface area contributed by atoms with Gasteiger partial charge in [-0.1, -0.05) is 19.8 Å². The number of rotatable bonds is 0. The Bertz CT molecular complexity index is 253. The highest BCUT2D eigenvalue weighted by atomic mass is 16.5. The first-order valence-corrected chi connectivity index (χ1v) is 6.05. The molecule has 2 atom stereocenters. The van der Waals surface area contributed by atoms with Crippen LogP contribution in [0.15, 0.2) is 0 Å². The SMILES string of the molecule is CC1COC(=O)[C@H](C)CCCCCC(=O)N1. The maximum atomic E-state index is 11.5. The van der Waals surface area contributed by atoms with Crippen LogP contribution >= 0.6 is 0 Å². The molecule has 1 aliphatic heterocycles. The van der Waals surface area contributed by atoms with E-state index in [0.29, 0.717) is 6.42 Å². The van der Waals surface area contributed by atoms with Crippen molar-refractivity contribution in [2.45, 2.75) is 52.0 Å². The first-order valence-electron chi connectivity index (χ1n) is 6.05. The summed E-state index contributed by atoms with van der Waals surface area (Å²) >= 11 is 0.